The molecule has 0 heterocycles. The lowest BCUT2D eigenvalue weighted by atomic mass is 9.72. The standard InChI is InChI=1S/C27H49N3O7S2/c1-4-10-22(11-5-2)24(32)28-14-15-29-25(33)36-16-18-38-39-19-17-37-26(34)30-21-27(12-8-7-9-13-27)20-23(31)35-6-3/h22H,4-21H2,1-3H3,(H,28,32)(H,29,33)(H,30,34). The first kappa shape index (κ1) is 35.2. The van der Waals surface area contributed by atoms with E-state index in [-0.39, 0.29) is 36.4 Å². The summed E-state index contributed by atoms with van der Waals surface area (Å²) in [5.41, 5.74) is -0.249. The van der Waals surface area contributed by atoms with Crippen LogP contribution < -0.4 is 16.0 Å². The molecular formula is C27H49N3O7S2. The van der Waals surface area contributed by atoms with E-state index in [1.54, 1.807) is 6.92 Å². The molecule has 0 unspecified atom stereocenters. The SMILES string of the molecule is CCCC(CCC)C(=O)NCCNC(=O)OCCSSCCOC(=O)NCC1(CC(=O)OCC)CCCCC1. The Hall–Kier alpha value is -1.82. The van der Waals surface area contributed by atoms with Crippen LogP contribution in [0.15, 0.2) is 0 Å². The van der Waals surface area contributed by atoms with E-state index in [1.807, 2.05) is 0 Å². The number of ether oxygens (including phenoxy) is 3. The van der Waals surface area contributed by atoms with Crippen LogP contribution in [-0.2, 0) is 23.8 Å². The summed E-state index contributed by atoms with van der Waals surface area (Å²) in [6, 6.07) is 0. The molecule has 3 N–H and O–H groups in total. The highest BCUT2D eigenvalue weighted by atomic mass is 33.1. The van der Waals surface area contributed by atoms with Gasteiger partial charge in [0.1, 0.15) is 13.2 Å². The maximum atomic E-state index is 12.2. The first-order chi connectivity index (χ1) is 18.9. The van der Waals surface area contributed by atoms with Gasteiger partial charge in [-0.1, -0.05) is 67.5 Å². The van der Waals surface area contributed by atoms with E-state index < -0.39 is 12.2 Å². The Morgan fingerprint density at radius 3 is 1.90 bits per heavy atom. The first-order valence-electron chi connectivity index (χ1n) is 14.3. The van der Waals surface area contributed by atoms with Crippen molar-refractivity contribution in [2.75, 3.05) is 51.0 Å². The Bertz CT molecular complexity index is 715. The lowest BCUT2D eigenvalue weighted by Gasteiger charge is -2.36. The number of alkyl carbamates (subject to hydrolysis) is 2. The number of rotatable bonds is 20. The van der Waals surface area contributed by atoms with Crippen LogP contribution in [0, 0.1) is 11.3 Å². The van der Waals surface area contributed by atoms with E-state index in [0.29, 0.717) is 44.2 Å². The molecule has 0 radical (unpaired) electrons. The molecule has 0 aromatic rings. The Kier molecular flexibility index (Phi) is 19.8. The van der Waals surface area contributed by atoms with E-state index in [1.165, 1.54) is 21.6 Å². The average Bonchev–Trinajstić information content (AvgIpc) is 2.92. The molecule has 226 valence electrons. The molecule has 0 aliphatic heterocycles. The highest BCUT2D eigenvalue weighted by Crippen LogP contribution is 2.39. The Balaban J connectivity index is 2.06. The highest BCUT2D eigenvalue weighted by Gasteiger charge is 2.35. The van der Waals surface area contributed by atoms with Crippen molar-refractivity contribution in [3.05, 3.63) is 0 Å². The van der Waals surface area contributed by atoms with Gasteiger partial charge in [0, 0.05) is 37.1 Å². The molecule has 1 aliphatic rings. The third-order valence-electron chi connectivity index (χ3n) is 6.57. The fourth-order valence-corrected chi connectivity index (χ4v) is 6.30. The molecule has 0 saturated heterocycles. The van der Waals surface area contributed by atoms with Crippen molar-refractivity contribution in [3.63, 3.8) is 0 Å². The fourth-order valence-electron chi connectivity index (χ4n) is 4.65. The summed E-state index contributed by atoms with van der Waals surface area (Å²) in [6.07, 6.45) is 8.08. The van der Waals surface area contributed by atoms with Gasteiger partial charge < -0.3 is 30.2 Å². The lowest BCUT2D eigenvalue weighted by Crippen LogP contribution is -2.41. The molecule has 1 rings (SSSR count). The third kappa shape index (κ3) is 16.8. The van der Waals surface area contributed by atoms with E-state index >= 15 is 0 Å². The first-order valence-corrected chi connectivity index (χ1v) is 16.8. The number of nitrogens with one attached hydrogen (secondary N) is 3. The summed E-state index contributed by atoms with van der Waals surface area (Å²) in [5.74, 6) is 1.09. The number of carbonyl (C=O) groups is 4. The minimum atomic E-state index is -0.507. The molecule has 10 nitrogen and oxygen atoms in total. The maximum Gasteiger partial charge on any atom is 0.407 e. The molecule has 1 saturated carbocycles. The normalized spacial score (nSPS) is 14.4. The van der Waals surface area contributed by atoms with E-state index in [9.17, 15) is 19.2 Å². The summed E-state index contributed by atoms with van der Waals surface area (Å²) in [4.78, 5) is 48.1. The van der Waals surface area contributed by atoms with Crippen LogP contribution in [0.4, 0.5) is 9.59 Å². The number of esters is 1. The zero-order valence-electron chi connectivity index (χ0n) is 24.0. The summed E-state index contributed by atoms with van der Waals surface area (Å²) < 4.78 is 15.5. The quantitative estimate of drug-likeness (QED) is 0.0769. The van der Waals surface area contributed by atoms with Crippen LogP contribution in [0.1, 0.15) is 85.0 Å². The van der Waals surface area contributed by atoms with Gasteiger partial charge in [-0.3, -0.25) is 9.59 Å². The van der Waals surface area contributed by atoms with Crippen molar-refractivity contribution in [2.24, 2.45) is 11.3 Å². The number of hydrogen-bond acceptors (Lipinski definition) is 9. The van der Waals surface area contributed by atoms with Crippen molar-refractivity contribution in [1.29, 1.82) is 0 Å². The summed E-state index contributed by atoms with van der Waals surface area (Å²) in [6.45, 7) is 7.93. The molecule has 0 aromatic carbocycles. The Morgan fingerprint density at radius 2 is 1.33 bits per heavy atom. The van der Waals surface area contributed by atoms with Crippen molar-refractivity contribution in [2.45, 2.75) is 85.0 Å². The van der Waals surface area contributed by atoms with Gasteiger partial charge >= 0.3 is 18.2 Å². The number of amides is 3. The predicted molar refractivity (Wildman–Crippen MR) is 157 cm³/mol. The van der Waals surface area contributed by atoms with Gasteiger partial charge in [0.25, 0.3) is 0 Å². The van der Waals surface area contributed by atoms with Crippen molar-refractivity contribution < 1.29 is 33.4 Å². The number of carbonyl (C=O) groups excluding carboxylic acids is 4. The smallest absolute Gasteiger partial charge is 0.407 e. The largest absolute Gasteiger partial charge is 0.466 e. The third-order valence-corrected chi connectivity index (χ3v) is 8.90. The Morgan fingerprint density at radius 1 is 0.769 bits per heavy atom. The second kappa shape index (κ2) is 21.9. The zero-order valence-corrected chi connectivity index (χ0v) is 25.6. The molecule has 3 amide bonds. The number of hydrogen-bond donors (Lipinski definition) is 3. The second-order valence-electron chi connectivity index (χ2n) is 9.80. The molecule has 0 bridgehead atoms. The van der Waals surface area contributed by atoms with Crippen LogP contribution in [0.3, 0.4) is 0 Å². The molecule has 0 aromatic heterocycles. The molecular weight excluding hydrogens is 542 g/mol. The van der Waals surface area contributed by atoms with Gasteiger partial charge in [0.05, 0.1) is 13.0 Å². The minimum Gasteiger partial charge on any atom is -0.466 e. The van der Waals surface area contributed by atoms with E-state index in [4.69, 9.17) is 14.2 Å². The van der Waals surface area contributed by atoms with Gasteiger partial charge in [-0.2, -0.15) is 0 Å². The summed E-state index contributed by atoms with van der Waals surface area (Å²) >= 11 is 0. The highest BCUT2D eigenvalue weighted by molar-refractivity contribution is 8.76. The molecule has 0 atom stereocenters. The molecule has 39 heavy (non-hydrogen) atoms. The van der Waals surface area contributed by atoms with Crippen LogP contribution in [0.2, 0.25) is 0 Å². The summed E-state index contributed by atoms with van der Waals surface area (Å²) in [5, 5.41) is 8.35. The van der Waals surface area contributed by atoms with E-state index in [0.717, 1.165) is 57.8 Å². The molecule has 12 heteroatoms. The molecule has 1 aliphatic carbocycles. The second-order valence-corrected chi connectivity index (χ2v) is 12.5. The van der Waals surface area contributed by atoms with Crippen molar-refractivity contribution in [3.8, 4) is 0 Å². The maximum absolute atomic E-state index is 12.2. The average molecular weight is 592 g/mol. The molecule has 1 fully saturated rings. The minimum absolute atomic E-state index is 0.0396. The Labute approximate surface area is 242 Å². The van der Waals surface area contributed by atoms with E-state index in [2.05, 4.69) is 29.8 Å². The van der Waals surface area contributed by atoms with Crippen LogP contribution >= 0.6 is 21.6 Å². The van der Waals surface area contributed by atoms with Crippen molar-refractivity contribution in [1.82, 2.24) is 16.0 Å². The zero-order chi connectivity index (χ0) is 28.8. The lowest BCUT2D eigenvalue weighted by molar-refractivity contribution is -0.146. The van der Waals surface area contributed by atoms with Crippen LogP contribution in [0.5, 0.6) is 0 Å². The van der Waals surface area contributed by atoms with Gasteiger partial charge in [-0.15, -0.1) is 0 Å². The van der Waals surface area contributed by atoms with Gasteiger partial charge in [-0.05, 0) is 38.0 Å². The van der Waals surface area contributed by atoms with Crippen LogP contribution in [-0.4, -0.2) is 75.0 Å². The van der Waals surface area contributed by atoms with Gasteiger partial charge in [0.2, 0.25) is 5.91 Å². The summed E-state index contributed by atoms with van der Waals surface area (Å²) in [7, 11) is 3.06. The van der Waals surface area contributed by atoms with Crippen molar-refractivity contribution >= 4 is 45.7 Å². The monoisotopic (exact) mass is 591 g/mol. The topological polar surface area (TPSA) is 132 Å². The van der Waals surface area contributed by atoms with Gasteiger partial charge in [0.15, 0.2) is 0 Å². The predicted octanol–water partition coefficient (Wildman–Crippen LogP) is 5.06. The fraction of sp³-hybridized carbons (Fsp3) is 0.852. The van der Waals surface area contributed by atoms with Gasteiger partial charge in [-0.25, -0.2) is 9.59 Å². The van der Waals surface area contributed by atoms with Crippen LogP contribution in [0.25, 0.3) is 0 Å². The molecule has 0 spiro atoms.